The maximum atomic E-state index is 11.8. The van der Waals surface area contributed by atoms with E-state index in [0.717, 1.165) is 0 Å². The van der Waals surface area contributed by atoms with Gasteiger partial charge in [-0.1, -0.05) is 30.3 Å². The molecule has 0 saturated heterocycles. The molecule has 2 N–H and O–H groups in total. The number of β-amino-alcohol motifs (C(OH)–C–C–N with tert-alkyl or cyclic N) is 1. The van der Waals surface area contributed by atoms with E-state index in [2.05, 4.69) is 10.3 Å². The molecule has 0 bridgehead atoms. The summed E-state index contributed by atoms with van der Waals surface area (Å²) < 4.78 is 0. The molecule has 1 heterocycles. The summed E-state index contributed by atoms with van der Waals surface area (Å²) in [6.45, 7) is 0.679. The van der Waals surface area contributed by atoms with Crippen molar-refractivity contribution in [3.05, 3.63) is 35.9 Å². The Labute approximate surface area is 87.7 Å². The fraction of sp³-hybridized carbons (Fsp3) is 0.273. The molecule has 1 unspecified atom stereocenters. The number of Topliss-reactive ketones (excluding diaryl/α,β-unsaturated/α-hetero) is 1. The lowest BCUT2D eigenvalue weighted by atomic mass is 10.1. The van der Waals surface area contributed by atoms with Gasteiger partial charge in [-0.15, -0.1) is 0 Å². The summed E-state index contributed by atoms with van der Waals surface area (Å²) >= 11 is 0. The van der Waals surface area contributed by atoms with Gasteiger partial charge in [-0.05, 0) is 0 Å². The summed E-state index contributed by atoms with van der Waals surface area (Å²) in [5.74, 6) is 0.217. The number of nitrogens with zero attached hydrogens (tertiary/aromatic N) is 1. The van der Waals surface area contributed by atoms with Crippen LogP contribution in [0.4, 0.5) is 0 Å². The predicted octanol–water partition coefficient (Wildman–Crippen LogP) is 0.232. The molecular formula is C11H12N2O2. The van der Waals surface area contributed by atoms with Crippen LogP contribution in [0.3, 0.4) is 0 Å². The number of ketones is 1. The second kappa shape index (κ2) is 4.23. The number of aliphatic hydroxyl groups excluding tert-OH is 1. The Morgan fingerprint density at radius 1 is 1.40 bits per heavy atom. The van der Waals surface area contributed by atoms with Crippen molar-refractivity contribution < 1.29 is 9.90 Å². The van der Waals surface area contributed by atoms with Crippen LogP contribution in [-0.4, -0.2) is 35.9 Å². The highest BCUT2D eigenvalue weighted by molar-refractivity contribution is 6.45. The van der Waals surface area contributed by atoms with Crippen molar-refractivity contribution in [3.63, 3.8) is 0 Å². The minimum Gasteiger partial charge on any atom is -0.389 e. The van der Waals surface area contributed by atoms with Crippen molar-refractivity contribution in [2.24, 2.45) is 4.99 Å². The van der Waals surface area contributed by atoms with Crippen molar-refractivity contribution >= 4 is 11.6 Å². The van der Waals surface area contributed by atoms with E-state index in [9.17, 15) is 9.90 Å². The van der Waals surface area contributed by atoms with E-state index in [1.54, 1.807) is 12.1 Å². The Bertz CT molecular complexity index is 387. The zero-order valence-corrected chi connectivity index (χ0v) is 8.18. The zero-order valence-electron chi connectivity index (χ0n) is 8.18. The molecule has 0 aromatic heterocycles. The number of hydrogen-bond acceptors (Lipinski definition) is 4. The third-order valence-electron chi connectivity index (χ3n) is 2.22. The molecule has 2 rings (SSSR count). The normalized spacial score (nSPS) is 20.3. The van der Waals surface area contributed by atoms with Crippen LogP contribution in [-0.2, 0) is 0 Å². The quantitative estimate of drug-likeness (QED) is 0.678. The first-order valence-electron chi connectivity index (χ1n) is 4.83. The average Bonchev–Trinajstić information content (AvgIpc) is 2.30. The maximum Gasteiger partial charge on any atom is 0.227 e. The highest BCUT2D eigenvalue weighted by atomic mass is 16.3. The van der Waals surface area contributed by atoms with Gasteiger partial charge in [-0.2, -0.15) is 0 Å². The first-order valence-corrected chi connectivity index (χ1v) is 4.83. The van der Waals surface area contributed by atoms with Gasteiger partial charge >= 0.3 is 0 Å². The number of rotatable bonds is 2. The molecule has 0 aliphatic carbocycles. The van der Waals surface area contributed by atoms with Crippen molar-refractivity contribution in [2.45, 2.75) is 6.10 Å². The van der Waals surface area contributed by atoms with Crippen molar-refractivity contribution in [3.8, 4) is 0 Å². The Hall–Kier alpha value is -1.68. The maximum absolute atomic E-state index is 11.8. The lowest BCUT2D eigenvalue weighted by Gasteiger charge is -2.17. The molecule has 0 saturated carbocycles. The van der Waals surface area contributed by atoms with Crippen molar-refractivity contribution in [1.29, 1.82) is 0 Å². The molecule has 0 amide bonds. The standard InChI is InChI=1S/C11H12N2O2/c14-9-6-12-11(13-7-9)10(15)8-4-2-1-3-5-8/h1-5,9,14H,6-7H2,(H,12,13). The minimum atomic E-state index is -0.489. The summed E-state index contributed by atoms with van der Waals surface area (Å²) in [5.41, 5.74) is 0.611. The van der Waals surface area contributed by atoms with Crippen LogP contribution >= 0.6 is 0 Å². The molecule has 1 aliphatic heterocycles. The largest absolute Gasteiger partial charge is 0.389 e. The van der Waals surface area contributed by atoms with Crippen LogP contribution < -0.4 is 5.32 Å². The summed E-state index contributed by atoms with van der Waals surface area (Å²) in [7, 11) is 0. The number of carbonyl (C=O) groups is 1. The van der Waals surface area contributed by atoms with E-state index in [1.807, 2.05) is 18.2 Å². The van der Waals surface area contributed by atoms with E-state index in [0.29, 0.717) is 24.5 Å². The fourth-order valence-corrected chi connectivity index (χ4v) is 1.41. The van der Waals surface area contributed by atoms with Crippen molar-refractivity contribution in [1.82, 2.24) is 5.32 Å². The second-order valence-corrected chi connectivity index (χ2v) is 3.42. The van der Waals surface area contributed by atoms with Gasteiger partial charge in [0.15, 0.2) is 5.84 Å². The molecule has 1 aromatic carbocycles. The Morgan fingerprint density at radius 3 is 2.73 bits per heavy atom. The van der Waals surface area contributed by atoms with Gasteiger partial charge in [0.25, 0.3) is 0 Å². The molecule has 1 aliphatic rings. The molecule has 15 heavy (non-hydrogen) atoms. The predicted molar refractivity (Wildman–Crippen MR) is 57.1 cm³/mol. The smallest absolute Gasteiger partial charge is 0.227 e. The highest BCUT2D eigenvalue weighted by Gasteiger charge is 2.18. The number of nitrogens with one attached hydrogen (secondary N) is 1. The first-order chi connectivity index (χ1) is 7.27. The van der Waals surface area contributed by atoms with E-state index in [4.69, 9.17) is 0 Å². The first kappa shape index (κ1) is 9.86. The van der Waals surface area contributed by atoms with Gasteiger partial charge < -0.3 is 10.4 Å². The summed E-state index contributed by atoms with van der Waals surface area (Å²) in [6, 6.07) is 8.97. The lowest BCUT2D eigenvalue weighted by Crippen LogP contribution is -2.42. The summed E-state index contributed by atoms with van der Waals surface area (Å²) in [4.78, 5) is 15.8. The number of carbonyl (C=O) groups excluding carboxylic acids is 1. The number of benzene rings is 1. The molecule has 0 fully saturated rings. The van der Waals surface area contributed by atoms with Gasteiger partial charge in [0.2, 0.25) is 5.78 Å². The monoisotopic (exact) mass is 204 g/mol. The third kappa shape index (κ3) is 2.22. The van der Waals surface area contributed by atoms with Crippen LogP contribution in [0.15, 0.2) is 35.3 Å². The molecule has 0 radical (unpaired) electrons. The SMILES string of the molecule is O=C(C1=NCC(O)CN1)c1ccccc1. The van der Waals surface area contributed by atoms with Crippen LogP contribution in [0, 0.1) is 0 Å². The van der Waals surface area contributed by atoms with Gasteiger partial charge in [0.05, 0.1) is 12.6 Å². The zero-order chi connectivity index (χ0) is 10.7. The van der Waals surface area contributed by atoms with Gasteiger partial charge in [-0.3, -0.25) is 9.79 Å². The topological polar surface area (TPSA) is 61.7 Å². The van der Waals surface area contributed by atoms with Crippen LogP contribution in [0.25, 0.3) is 0 Å². The molecule has 78 valence electrons. The number of amidine groups is 1. The van der Waals surface area contributed by atoms with Crippen LogP contribution in [0.2, 0.25) is 0 Å². The second-order valence-electron chi connectivity index (χ2n) is 3.42. The Kier molecular flexibility index (Phi) is 2.78. The van der Waals surface area contributed by atoms with E-state index in [-0.39, 0.29) is 5.78 Å². The number of hydrogen-bond donors (Lipinski definition) is 2. The molecular weight excluding hydrogens is 192 g/mol. The molecule has 4 nitrogen and oxygen atoms in total. The van der Waals surface area contributed by atoms with E-state index in [1.165, 1.54) is 0 Å². The van der Waals surface area contributed by atoms with Crippen LogP contribution in [0.1, 0.15) is 10.4 Å². The summed E-state index contributed by atoms with van der Waals surface area (Å²) in [6.07, 6.45) is -0.489. The molecule has 4 heteroatoms. The highest BCUT2D eigenvalue weighted by Crippen LogP contribution is 2.03. The van der Waals surface area contributed by atoms with E-state index >= 15 is 0 Å². The van der Waals surface area contributed by atoms with Gasteiger partial charge in [-0.25, -0.2) is 0 Å². The fourth-order valence-electron chi connectivity index (χ4n) is 1.41. The third-order valence-corrected chi connectivity index (χ3v) is 2.22. The number of aliphatic hydroxyl groups is 1. The molecule has 1 atom stereocenters. The van der Waals surface area contributed by atoms with Crippen LogP contribution in [0.5, 0.6) is 0 Å². The van der Waals surface area contributed by atoms with Gasteiger partial charge in [0.1, 0.15) is 0 Å². The van der Waals surface area contributed by atoms with Crippen molar-refractivity contribution in [2.75, 3.05) is 13.1 Å². The minimum absolute atomic E-state index is 0.123. The van der Waals surface area contributed by atoms with E-state index < -0.39 is 6.10 Å². The Morgan fingerprint density at radius 2 is 2.13 bits per heavy atom. The number of aliphatic imine (C=N–C) groups is 1. The Balaban J connectivity index is 2.16. The van der Waals surface area contributed by atoms with Gasteiger partial charge in [0, 0.05) is 12.1 Å². The summed E-state index contributed by atoms with van der Waals surface area (Å²) in [5, 5.41) is 12.0. The average molecular weight is 204 g/mol. The molecule has 1 aromatic rings. The lowest BCUT2D eigenvalue weighted by molar-refractivity contribution is 0.105. The molecule has 0 spiro atoms.